The number of sulfonamides is 1. The van der Waals surface area contributed by atoms with Crippen molar-refractivity contribution in [2.75, 3.05) is 20.1 Å². The number of aromatic amines is 1. The summed E-state index contributed by atoms with van der Waals surface area (Å²) in [5, 5.41) is 2.22. The zero-order valence-electron chi connectivity index (χ0n) is 16.4. The van der Waals surface area contributed by atoms with Gasteiger partial charge in [-0.25, -0.2) is 13.4 Å². The Morgan fingerprint density at radius 1 is 1.30 bits per heavy atom. The number of aromatic nitrogens is 2. The number of rotatable bonds is 5. The molecule has 8 nitrogen and oxygen atoms in total. The Morgan fingerprint density at radius 2 is 2.10 bits per heavy atom. The van der Waals surface area contributed by atoms with Crippen LogP contribution in [0.3, 0.4) is 0 Å². The minimum absolute atomic E-state index is 0.146. The molecule has 1 amide bonds. The van der Waals surface area contributed by atoms with Gasteiger partial charge in [-0.05, 0) is 36.4 Å². The van der Waals surface area contributed by atoms with Gasteiger partial charge in [-0.2, -0.15) is 4.31 Å². The minimum atomic E-state index is -3.58. The highest BCUT2D eigenvalue weighted by atomic mass is 32.2. The van der Waals surface area contributed by atoms with Crippen molar-refractivity contribution in [1.82, 2.24) is 19.2 Å². The zero-order chi connectivity index (χ0) is 21.3. The van der Waals surface area contributed by atoms with Gasteiger partial charge in [-0.1, -0.05) is 18.2 Å². The van der Waals surface area contributed by atoms with E-state index in [9.17, 15) is 18.0 Å². The third-order valence-electron chi connectivity index (χ3n) is 5.25. The number of hydrogen-bond donors (Lipinski definition) is 1. The number of hydrogen-bond acceptors (Lipinski definition) is 6. The lowest BCUT2D eigenvalue weighted by atomic mass is 9.98. The second kappa shape index (κ2) is 8.29. The molecule has 1 aliphatic rings. The van der Waals surface area contributed by atoms with E-state index in [0.717, 1.165) is 0 Å². The van der Waals surface area contributed by atoms with E-state index in [1.165, 1.54) is 20.5 Å². The Kier molecular flexibility index (Phi) is 5.72. The van der Waals surface area contributed by atoms with Gasteiger partial charge in [0.2, 0.25) is 5.91 Å². The maximum Gasteiger partial charge on any atom is 0.258 e. The van der Waals surface area contributed by atoms with Gasteiger partial charge in [-0.3, -0.25) is 9.59 Å². The summed E-state index contributed by atoms with van der Waals surface area (Å²) < 4.78 is 27.3. The first kappa shape index (κ1) is 20.7. The summed E-state index contributed by atoms with van der Waals surface area (Å²) in [7, 11) is -1.94. The van der Waals surface area contributed by atoms with Crippen molar-refractivity contribution in [2.24, 2.45) is 5.92 Å². The first-order chi connectivity index (χ1) is 14.4. The Bertz CT molecular complexity index is 1220. The number of H-pyrrole nitrogens is 1. The van der Waals surface area contributed by atoms with Crippen molar-refractivity contribution < 1.29 is 13.2 Å². The lowest BCUT2D eigenvalue weighted by molar-refractivity contribution is -0.136. The Labute approximate surface area is 178 Å². The molecule has 0 spiro atoms. The summed E-state index contributed by atoms with van der Waals surface area (Å²) in [5.74, 6) is -0.184. The molecule has 1 fully saturated rings. The molecule has 1 aromatic carbocycles. The molecular weight excluding hydrogens is 424 g/mol. The molecule has 0 aliphatic carbocycles. The van der Waals surface area contributed by atoms with Gasteiger partial charge in [0.05, 0.1) is 23.4 Å². The van der Waals surface area contributed by atoms with E-state index in [1.54, 1.807) is 48.8 Å². The van der Waals surface area contributed by atoms with E-state index in [4.69, 9.17) is 0 Å². The molecule has 0 unspecified atom stereocenters. The van der Waals surface area contributed by atoms with Crippen LogP contribution in [0.15, 0.2) is 50.8 Å². The van der Waals surface area contributed by atoms with Gasteiger partial charge in [0.15, 0.2) is 0 Å². The second-order valence-electron chi connectivity index (χ2n) is 7.36. The lowest BCUT2D eigenvalue weighted by Crippen LogP contribution is -2.45. The van der Waals surface area contributed by atoms with Gasteiger partial charge in [0.1, 0.15) is 10.0 Å². The quantitative estimate of drug-likeness (QED) is 0.646. The summed E-state index contributed by atoms with van der Waals surface area (Å²) >= 11 is 1.18. The average molecular weight is 447 g/mol. The summed E-state index contributed by atoms with van der Waals surface area (Å²) in [6, 6.07) is 10.3. The van der Waals surface area contributed by atoms with Crippen molar-refractivity contribution in [3.05, 3.63) is 58.0 Å². The topological polar surface area (TPSA) is 103 Å². The van der Waals surface area contributed by atoms with Gasteiger partial charge in [0.25, 0.3) is 15.6 Å². The number of piperidine rings is 1. The number of thiophene rings is 1. The van der Waals surface area contributed by atoms with E-state index in [-0.39, 0.29) is 24.6 Å². The van der Waals surface area contributed by atoms with Crippen LogP contribution in [0.1, 0.15) is 18.7 Å². The highest BCUT2D eigenvalue weighted by Crippen LogP contribution is 2.27. The minimum Gasteiger partial charge on any atom is -0.338 e. The number of para-hydroxylation sites is 1. The Morgan fingerprint density at radius 3 is 2.87 bits per heavy atom. The van der Waals surface area contributed by atoms with Gasteiger partial charge >= 0.3 is 0 Å². The number of amides is 1. The molecule has 3 aromatic rings. The standard InChI is InChI=1S/C20H22N4O4S2/c1-23(13-17-21-16-8-3-2-7-15(16)19(25)22-17)20(26)14-6-4-10-24(12-14)30(27,28)18-9-5-11-29-18/h2-3,5,7-9,11,14H,4,6,10,12-13H2,1H3,(H,21,22,25)/t14-/m1/s1. The number of benzene rings is 1. The largest absolute Gasteiger partial charge is 0.338 e. The highest BCUT2D eigenvalue weighted by molar-refractivity contribution is 7.91. The third kappa shape index (κ3) is 4.03. The van der Waals surface area contributed by atoms with Crippen molar-refractivity contribution in [1.29, 1.82) is 0 Å². The molecule has 30 heavy (non-hydrogen) atoms. The van der Waals surface area contributed by atoms with Crippen LogP contribution < -0.4 is 5.56 Å². The van der Waals surface area contributed by atoms with E-state index < -0.39 is 15.9 Å². The first-order valence-corrected chi connectivity index (χ1v) is 11.9. The molecule has 1 atom stereocenters. The monoisotopic (exact) mass is 446 g/mol. The molecule has 0 radical (unpaired) electrons. The fraction of sp³-hybridized carbons (Fsp3) is 0.350. The van der Waals surface area contributed by atoms with Crippen LogP contribution in [0.5, 0.6) is 0 Å². The van der Waals surface area contributed by atoms with Crippen molar-refractivity contribution in [3.63, 3.8) is 0 Å². The molecule has 4 rings (SSSR count). The van der Waals surface area contributed by atoms with Gasteiger partial charge in [-0.15, -0.1) is 11.3 Å². The van der Waals surface area contributed by atoms with Crippen LogP contribution in [0, 0.1) is 5.92 Å². The van der Waals surface area contributed by atoms with Crippen molar-refractivity contribution in [2.45, 2.75) is 23.6 Å². The predicted octanol–water partition coefficient (Wildman–Crippen LogP) is 2.04. The molecule has 2 aromatic heterocycles. The van der Waals surface area contributed by atoms with Gasteiger partial charge in [0, 0.05) is 20.1 Å². The number of carbonyl (C=O) groups is 1. The average Bonchev–Trinajstić information content (AvgIpc) is 3.29. The summed E-state index contributed by atoms with van der Waals surface area (Å²) in [6.07, 6.45) is 1.25. The van der Waals surface area contributed by atoms with Crippen LogP contribution in [0.2, 0.25) is 0 Å². The fourth-order valence-corrected chi connectivity index (χ4v) is 6.39. The number of nitrogens with zero attached hydrogens (tertiary/aromatic N) is 3. The molecular formula is C20H22N4O4S2. The van der Waals surface area contributed by atoms with Gasteiger partial charge < -0.3 is 9.88 Å². The maximum absolute atomic E-state index is 13.0. The predicted molar refractivity (Wildman–Crippen MR) is 115 cm³/mol. The smallest absolute Gasteiger partial charge is 0.258 e. The SMILES string of the molecule is CN(Cc1nc2ccccc2c(=O)[nH]1)C(=O)[C@@H]1CCCN(S(=O)(=O)c2cccs2)C1. The lowest BCUT2D eigenvalue weighted by Gasteiger charge is -2.32. The molecule has 1 N–H and O–H groups in total. The summed E-state index contributed by atoms with van der Waals surface area (Å²) in [4.78, 5) is 33.9. The number of nitrogens with one attached hydrogen (secondary N) is 1. The molecule has 0 bridgehead atoms. The molecule has 3 heterocycles. The van der Waals surface area contributed by atoms with Crippen molar-refractivity contribution in [3.8, 4) is 0 Å². The zero-order valence-corrected chi connectivity index (χ0v) is 18.1. The fourth-order valence-electron chi connectivity index (χ4n) is 3.72. The molecule has 1 aliphatic heterocycles. The summed E-state index contributed by atoms with van der Waals surface area (Å²) in [5.41, 5.74) is 0.324. The maximum atomic E-state index is 13.0. The van der Waals surface area contributed by atoms with Crippen LogP contribution in [-0.2, 0) is 21.4 Å². The Balaban J connectivity index is 1.48. The summed E-state index contributed by atoms with van der Waals surface area (Å²) in [6.45, 7) is 0.714. The van der Waals surface area contributed by atoms with E-state index in [2.05, 4.69) is 9.97 Å². The van der Waals surface area contributed by atoms with E-state index >= 15 is 0 Å². The molecule has 158 valence electrons. The molecule has 0 saturated carbocycles. The van der Waals surface area contributed by atoms with E-state index in [1.807, 2.05) is 0 Å². The van der Waals surface area contributed by atoms with Crippen LogP contribution in [-0.4, -0.2) is 53.6 Å². The third-order valence-corrected chi connectivity index (χ3v) is 8.49. The van der Waals surface area contributed by atoms with E-state index in [0.29, 0.717) is 40.3 Å². The van der Waals surface area contributed by atoms with Crippen LogP contribution in [0.4, 0.5) is 0 Å². The number of fused-ring (bicyclic) bond motifs is 1. The van der Waals surface area contributed by atoms with Crippen LogP contribution in [0.25, 0.3) is 10.9 Å². The van der Waals surface area contributed by atoms with Crippen molar-refractivity contribution >= 4 is 38.2 Å². The Hall–Kier alpha value is -2.56. The first-order valence-electron chi connectivity index (χ1n) is 9.63. The number of carbonyl (C=O) groups excluding carboxylic acids is 1. The molecule has 10 heteroatoms. The normalized spacial score (nSPS) is 17.8. The molecule has 1 saturated heterocycles. The second-order valence-corrected chi connectivity index (χ2v) is 10.5. The highest BCUT2D eigenvalue weighted by Gasteiger charge is 2.35. The van der Waals surface area contributed by atoms with Crippen LogP contribution >= 0.6 is 11.3 Å².